The predicted octanol–water partition coefficient (Wildman–Crippen LogP) is 1.74. The van der Waals surface area contributed by atoms with Gasteiger partial charge in [0, 0.05) is 12.1 Å². The SMILES string of the molecule is C[C@@H]1OC(=O)C[C@@H](N[C@H](C)c2ccccc2)[C@@H]1C(=O)O. The molecule has 1 fully saturated rings. The fourth-order valence-electron chi connectivity index (χ4n) is 2.66. The maximum atomic E-state index is 11.5. The lowest BCUT2D eigenvalue weighted by Gasteiger charge is -2.35. The second kappa shape index (κ2) is 6.05. The molecule has 0 bridgehead atoms. The molecule has 108 valence electrons. The summed E-state index contributed by atoms with van der Waals surface area (Å²) in [7, 11) is 0. The molecule has 0 aromatic heterocycles. The molecule has 1 aromatic carbocycles. The van der Waals surface area contributed by atoms with Gasteiger partial charge in [-0.2, -0.15) is 0 Å². The van der Waals surface area contributed by atoms with Crippen molar-refractivity contribution in [3.63, 3.8) is 0 Å². The Morgan fingerprint density at radius 3 is 2.65 bits per heavy atom. The van der Waals surface area contributed by atoms with Crippen molar-refractivity contribution in [2.45, 2.75) is 38.5 Å². The van der Waals surface area contributed by atoms with E-state index in [0.717, 1.165) is 5.56 Å². The van der Waals surface area contributed by atoms with Gasteiger partial charge in [0.05, 0.1) is 6.42 Å². The van der Waals surface area contributed by atoms with E-state index in [0.29, 0.717) is 0 Å². The summed E-state index contributed by atoms with van der Waals surface area (Å²) in [6, 6.07) is 9.28. The molecule has 5 nitrogen and oxygen atoms in total. The third-order valence-electron chi connectivity index (χ3n) is 3.69. The summed E-state index contributed by atoms with van der Waals surface area (Å²) in [6.45, 7) is 3.58. The molecular formula is C15H19NO4. The van der Waals surface area contributed by atoms with Crippen LogP contribution in [0.3, 0.4) is 0 Å². The monoisotopic (exact) mass is 277 g/mol. The minimum Gasteiger partial charge on any atom is -0.481 e. The van der Waals surface area contributed by atoms with Gasteiger partial charge in [-0.05, 0) is 19.4 Å². The van der Waals surface area contributed by atoms with Gasteiger partial charge in [0.1, 0.15) is 12.0 Å². The van der Waals surface area contributed by atoms with Crippen molar-refractivity contribution in [2.24, 2.45) is 5.92 Å². The van der Waals surface area contributed by atoms with Crippen LogP contribution >= 0.6 is 0 Å². The summed E-state index contributed by atoms with van der Waals surface area (Å²) < 4.78 is 5.02. The van der Waals surface area contributed by atoms with Crippen LogP contribution in [0.5, 0.6) is 0 Å². The first-order valence-electron chi connectivity index (χ1n) is 6.72. The lowest BCUT2D eigenvalue weighted by Crippen LogP contribution is -2.52. The van der Waals surface area contributed by atoms with Crippen LogP contribution in [0.25, 0.3) is 0 Å². The molecular weight excluding hydrogens is 258 g/mol. The second-order valence-electron chi connectivity index (χ2n) is 5.17. The molecule has 20 heavy (non-hydrogen) atoms. The molecule has 0 spiro atoms. The fraction of sp³-hybridized carbons (Fsp3) is 0.467. The Labute approximate surface area is 117 Å². The van der Waals surface area contributed by atoms with Crippen LogP contribution in [0, 0.1) is 5.92 Å². The number of carbonyl (C=O) groups excluding carboxylic acids is 1. The molecule has 2 rings (SSSR count). The number of hydrogen-bond donors (Lipinski definition) is 2. The van der Waals surface area contributed by atoms with Gasteiger partial charge >= 0.3 is 11.9 Å². The van der Waals surface area contributed by atoms with Gasteiger partial charge in [0.25, 0.3) is 0 Å². The third-order valence-corrected chi connectivity index (χ3v) is 3.69. The standard InChI is InChI=1S/C15H19NO4/c1-9(11-6-4-3-5-7-11)16-12-8-13(17)20-10(2)14(12)15(18)19/h3-7,9-10,12,14,16H,8H2,1-2H3,(H,18,19)/t9-,10+,12-,14-/m1/s1. The molecule has 0 amide bonds. The molecule has 0 aliphatic carbocycles. The Hall–Kier alpha value is -1.88. The van der Waals surface area contributed by atoms with Crippen molar-refractivity contribution in [1.29, 1.82) is 0 Å². The number of esters is 1. The predicted molar refractivity (Wildman–Crippen MR) is 73.1 cm³/mol. The molecule has 1 aliphatic rings. The largest absolute Gasteiger partial charge is 0.481 e. The summed E-state index contributed by atoms with van der Waals surface area (Å²) in [5, 5.41) is 12.6. The van der Waals surface area contributed by atoms with E-state index in [4.69, 9.17) is 4.74 Å². The lowest BCUT2D eigenvalue weighted by atomic mass is 9.88. The fourth-order valence-corrected chi connectivity index (χ4v) is 2.66. The van der Waals surface area contributed by atoms with Crippen molar-refractivity contribution in [1.82, 2.24) is 5.32 Å². The van der Waals surface area contributed by atoms with Crippen molar-refractivity contribution in [3.8, 4) is 0 Å². The quantitative estimate of drug-likeness (QED) is 0.820. The van der Waals surface area contributed by atoms with Crippen molar-refractivity contribution < 1.29 is 19.4 Å². The summed E-state index contributed by atoms with van der Waals surface area (Å²) in [5.74, 6) is -2.02. The summed E-state index contributed by atoms with van der Waals surface area (Å²) in [6.07, 6.45) is -0.535. The summed E-state index contributed by atoms with van der Waals surface area (Å²) in [5.41, 5.74) is 1.06. The highest BCUT2D eigenvalue weighted by Gasteiger charge is 2.41. The maximum Gasteiger partial charge on any atom is 0.311 e. The molecule has 0 radical (unpaired) electrons. The zero-order valence-electron chi connectivity index (χ0n) is 11.6. The van der Waals surface area contributed by atoms with Crippen LogP contribution < -0.4 is 5.32 Å². The normalized spacial score (nSPS) is 27.7. The van der Waals surface area contributed by atoms with Crippen molar-refractivity contribution >= 4 is 11.9 Å². The Morgan fingerprint density at radius 1 is 1.40 bits per heavy atom. The van der Waals surface area contributed by atoms with E-state index in [1.807, 2.05) is 37.3 Å². The average molecular weight is 277 g/mol. The van der Waals surface area contributed by atoms with E-state index in [9.17, 15) is 14.7 Å². The van der Waals surface area contributed by atoms with E-state index >= 15 is 0 Å². The zero-order chi connectivity index (χ0) is 14.7. The van der Waals surface area contributed by atoms with Gasteiger partial charge in [-0.3, -0.25) is 9.59 Å². The number of benzene rings is 1. The molecule has 1 saturated heterocycles. The molecule has 1 heterocycles. The van der Waals surface area contributed by atoms with Crippen LogP contribution in [-0.4, -0.2) is 29.2 Å². The van der Waals surface area contributed by atoms with E-state index < -0.39 is 24.0 Å². The summed E-state index contributed by atoms with van der Waals surface area (Å²) in [4.78, 5) is 22.9. The van der Waals surface area contributed by atoms with Gasteiger partial charge in [0.2, 0.25) is 0 Å². The van der Waals surface area contributed by atoms with E-state index in [1.54, 1.807) is 6.92 Å². The van der Waals surface area contributed by atoms with Crippen molar-refractivity contribution in [2.75, 3.05) is 0 Å². The van der Waals surface area contributed by atoms with E-state index in [2.05, 4.69) is 5.32 Å². The minimum atomic E-state index is -0.942. The maximum absolute atomic E-state index is 11.5. The molecule has 5 heteroatoms. The van der Waals surface area contributed by atoms with E-state index in [-0.39, 0.29) is 18.4 Å². The van der Waals surface area contributed by atoms with Crippen molar-refractivity contribution in [3.05, 3.63) is 35.9 Å². The molecule has 0 unspecified atom stereocenters. The van der Waals surface area contributed by atoms with Gasteiger partial charge < -0.3 is 15.2 Å². The first-order chi connectivity index (χ1) is 9.49. The van der Waals surface area contributed by atoms with Gasteiger partial charge in [-0.15, -0.1) is 0 Å². The number of carboxylic acid groups (broad SMARTS) is 1. The average Bonchev–Trinajstić information content (AvgIpc) is 2.38. The summed E-state index contributed by atoms with van der Waals surface area (Å²) >= 11 is 0. The number of hydrogen-bond acceptors (Lipinski definition) is 4. The van der Waals surface area contributed by atoms with Crippen LogP contribution in [0.2, 0.25) is 0 Å². The first kappa shape index (κ1) is 14.5. The highest BCUT2D eigenvalue weighted by Crippen LogP contribution is 2.25. The molecule has 0 saturated carbocycles. The number of rotatable bonds is 4. The van der Waals surface area contributed by atoms with Crippen LogP contribution in [0.15, 0.2) is 30.3 Å². The highest BCUT2D eigenvalue weighted by molar-refractivity contribution is 5.78. The van der Waals surface area contributed by atoms with Crippen LogP contribution in [-0.2, 0) is 14.3 Å². The number of cyclic esters (lactones) is 1. The molecule has 4 atom stereocenters. The minimum absolute atomic E-state index is 0.0267. The highest BCUT2D eigenvalue weighted by atomic mass is 16.5. The second-order valence-corrected chi connectivity index (χ2v) is 5.17. The number of carboxylic acids is 1. The topological polar surface area (TPSA) is 75.6 Å². The lowest BCUT2D eigenvalue weighted by molar-refractivity contribution is -0.167. The van der Waals surface area contributed by atoms with Gasteiger partial charge in [0.15, 0.2) is 0 Å². The molecule has 1 aliphatic heterocycles. The third kappa shape index (κ3) is 3.17. The Morgan fingerprint density at radius 2 is 2.05 bits per heavy atom. The molecule has 2 N–H and O–H groups in total. The first-order valence-corrected chi connectivity index (χ1v) is 6.72. The Kier molecular flexibility index (Phi) is 4.39. The zero-order valence-corrected chi connectivity index (χ0v) is 11.6. The number of aliphatic carboxylic acids is 1. The smallest absolute Gasteiger partial charge is 0.311 e. The number of ether oxygens (including phenoxy) is 1. The number of nitrogens with one attached hydrogen (secondary N) is 1. The van der Waals surface area contributed by atoms with Crippen LogP contribution in [0.1, 0.15) is 31.9 Å². The van der Waals surface area contributed by atoms with E-state index in [1.165, 1.54) is 0 Å². The Balaban J connectivity index is 2.12. The van der Waals surface area contributed by atoms with Crippen LogP contribution in [0.4, 0.5) is 0 Å². The number of carbonyl (C=O) groups is 2. The van der Waals surface area contributed by atoms with Gasteiger partial charge in [-0.1, -0.05) is 30.3 Å². The van der Waals surface area contributed by atoms with Gasteiger partial charge in [-0.25, -0.2) is 0 Å². The Bertz CT molecular complexity index is 488. The molecule has 1 aromatic rings.